The third-order valence-electron chi connectivity index (χ3n) is 3.81. The van der Waals surface area contributed by atoms with Gasteiger partial charge in [0.2, 0.25) is 0 Å². The van der Waals surface area contributed by atoms with Crippen LogP contribution in [0.25, 0.3) is 0 Å². The normalized spacial score (nSPS) is 34.3. The first-order valence-electron chi connectivity index (χ1n) is 6.75. The number of hydrogen-bond acceptors (Lipinski definition) is 7. The highest BCUT2D eigenvalue weighted by atomic mass is 19.3. The molecule has 0 saturated heterocycles. The molecule has 0 bridgehead atoms. The van der Waals surface area contributed by atoms with Gasteiger partial charge in [0.1, 0.15) is 18.3 Å². The molecule has 0 aromatic heterocycles. The van der Waals surface area contributed by atoms with Gasteiger partial charge in [-0.15, -0.1) is 0 Å². The average molecular weight is 327 g/mol. The molecule has 7 N–H and O–H groups in total. The third kappa shape index (κ3) is 3.89. The molecule has 1 fully saturated rings. The molecule has 130 valence electrons. The van der Waals surface area contributed by atoms with E-state index in [1.54, 1.807) is 0 Å². The number of methoxy groups -OCH3 is 2. The minimum Gasteiger partial charge on any atom is -0.388 e. The first-order valence-corrected chi connectivity index (χ1v) is 6.75. The monoisotopic (exact) mass is 327 g/mol. The maximum atomic E-state index is 13.2. The number of nitrogens with one attached hydrogen (secondary N) is 1. The number of rotatable bonds is 6. The molecule has 10 heteroatoms. The van der Waals surface area contributed by atoms with Crippen LogP contribution in [-0.4, -0.2) is 79.3 Å². The molecule has 0 aliphatic heterocycles. The van der Waals surface area contributed by atoms with Crippen molar-refractivity contribution in [2.24, 2.45) is 11.5 Å². The van der Waals surface area contributed by atoms with Gasteiger partial charge in [-0.25, -0.2) is 8.78 Å². The molecule has 0 aromatic carbocycles. The summed E-state index contributed by atoms with van der Waals surface area (Å²) in [5, 5.41) is 21.7. The van der Waals surface area contributed by atoms with Crippen molar-refractivity contribution in [2.75, 3.05) is 20.8 Å². The summed E-state index contributed by atoms with van der Waals surface area (Å²) in [5.41, 5.74) is 10.7. The molecule has 0 heterocycles. The molecule has 1 amide bonds. The minimum absolute atomic E-state index is 0.0756. The molecule has 1 rings (SSSR count). The summed E-state index contributed by atoms with van der Waals surface area (Å²) in [4.78, 5) is 11.7. The highest BCUT2D eigenvalue weighted by Crippen LogP contribution is 2.24. The summed E-state index contributed by atoms with van der Waals surface area (Å²) < 4.78 is 36.7. The zero-order chi connectivity index (χ0) is 17.1. The van der Waals surface area contributed by atoms with Crippen LogP contribution in [0.4, 0.5) is 8.78 Å². The van der Waals surface area contributed by atoms with E-state index in [0.29, 0.717) is 0 Å². The van der Waals surface area contributed by atoms with Gasteiger partial charge in [0.25, 0.3) is 11.8 Å². The number of carbonyl (C=O) groups is 1. The molecule has 22 heavy (non-hydrogen) atoms. The Morgan fingerprint density at radius 3 is 2.41 bits per heavy atom. The largest absolute Gasteiger partial charge is 0.388 e. The van der Waals surface area contributed by atoms with Crippen molar-refractivity contribution < 1.29 is 33.3 Å². The number of alkyl halides is 2. The van der Waals surface area contributed by atoms with E-state index in [4.69, 9.17) is 20.9 Å². The van der Waals surface area contributed by atoms with Gasteiger partial charge in [-0.05, 0) is 6.42 Å². The van der Waals surface area contributed by atoms with Gasteiger partial charge in [-0.2, -0.15) is 0 Å². The maximum absolute atomic E-state index is 13.2. The van der Waals surface area contributed by atoms with Crippen molar-refractivity contribution in [1.29, 1.82) is 0 Å². The smallest absolute Gasteiger partial charge is 0.294 e. The van der Waals surface area contributed by atoms with Crippen LogP contribution in [0.3, 0.4) is 0 Å². The highest BCUT2D eigenvalue weighted by Gasteiger charge is 2.47. The van der Waals surface area contributed by atoms with E-state index in [0.717, 1.165) is 0 Å². The van der Waals surface area contributed by atoms with Gasteiger partial charge < -0.3 is 36.5 Å². The summed E-state index contributed by atoms with van der Waals surface area (Å²) in [6.45, 7) is -1.18. The summed E-state index contributed by atoms with van der Waals surface area (Å²) >= 11 is 0. The Labute approximate surface area is 126 Å². The molecule has 6 atom stereocenters. The number of carbonyl (C=O) groups excluding carboxylic acids is 1. The lowest BCUT2D eigenvalue weighted by Gasteiger charge is -2.42. The Hall–Kier alpha value is -0.910. The highest BCUT2D eigenvalue weighted by molar-refractivity contribution is 5.82. The van der Waals surface area contributed by atoms with E-state index in [1.165, 1.54) is 14.2 Å². The SMILES string of the molecule is CO[C@@H]1[C@@H](O)[C@H](NC(=O)C(O)C(F)(F)CN)C[C@H](N)[C@H]1OC. The lowest BCUT2D eigenvalue weighted by atomic mass is 9.84. The third-order valence-corrected chi connectivity index (χ3v) is 3.81. The first-order chi connectivity index (χ1) is 10.2. The van der Waals surface area contributed by atoms with Crippen molar-refractivity contribution in [3.63, 3.8) is 0 Å². The van der Waals surface area contributed by atoms with Crippen LogP contribution >= 0.6 is 0 Å². The maximum Gasteiger partial charge on any atom is 0.294 e. The number of aliphatic hydroxyl groups is 2. The van der Waals surface area contributed by atoms with Crippen LogP contribution in [0.5, 0.6) is 0 Å². The predicted octanol–water partition coefficient (Wildman–Crippen LogP) is -2.45. The zero-order valence-corrected chi connectivity index (χ0v) is 12.4. The number of amides is 1. The van der Waals surface area contributed by atoms with Crippen molar-refractivity contribution in [3.05, 3.63) is 0 Å². The van der Waals surface area contributed by atoms with Crippen LogP contribution < -0.4 is 16.8 Å². The fraction of sp³-hybridized carbons (Fsp3) is 0.917. The van der Waals surface area contributed by atoms with E-state index in [-0.39, 0.29) is 6.42 Å². The Kier molecular flexibility index (Phi) is 6.59. The summed E-state index contributed by atoms with van der Waals surface area (Å²) in [6.07, 6.45) is -5.21. The molecule has 1 aliphatic rings. The van der Waals surface area contributed by atoms with E-state index >= 15 is 0 Å². The molecular weight excluding hydrogens is 304 g/mol. The van der Waals surface area contributed by atoms with Gasteiger partial charge >= 0.3 is 0 Å². The Morgan fingerprint density at radius 1 is 1.41 bits per heavy atom. The summed E-state index contributed by atoms with van der Waals surface area (Å²) in [6, 6.07) is -1.54. The second-order valence-corrected chi connectivity index (χ2v) is 5.27. The van der Waals surface area contributed by atoms with E-state index in [1.807, 2.05) is 0 Å². The molecule has 1 saturated carbocycles. The zero-order valence-electron chi connectivity index (χ0n) is 12.4. The van der Waals surface area contributed by atoms with Gasteiger partial charge in [0.05, 0.1) is 12.6 Å². The second-order valence-electron chi connectivity index (χ2n) is 5.27. The fourth-order valence-corrected chi connectivity index (χ4v) is 2.53. The van der Waals surface area contributed by atoms with Crippen LogP contribution in [-0.2, 0) is 14.3 Å². The Balaban J connectivity index is 2.79. The van der Waals surface area contributed by atoms with Crippen LogP contribution in [0.1, 0.15) is 6.42 Å². The summed E-state index contributed by atoms with van der Waals surface area (Å²) in [7, 11) is 2.72. The molecule has 1 unspecified atom stereocenters. The number of ether oxygens (including phenoxy) is 2. The number of nitrogens with two attached hydrogens (primary N) is 2. The number of hydrogen-bond donors (Lipinski definition) is 5. The van der Waals surface area contributed by atoms with Gasteiger partial charge in [0, 0.05) is 20.3 Å². The number of aliphatic hydroxyl groups excluding tert-OH is 2. The Bertz CT molecular complexity index is 388. The summed E-state index contributed by atoms with van der Waals surface area (Å²) in [5.74, 6) is -5.10. The van der Waals surface area contributed by atoms with Crippen molar-refractivity contribution >= 4 is 5.91 Å². The first kappa shape index (κ1) is 19.1. The van der Waals surface area contributed by atoms with Crippen LogP contribution in [0.15, 0.2) is 0 Å². The van der Waals surface area contributed by atoms with E-state index < -0.39 is 54.9 Å². The van der Waals surface area contributed by atoms with Crippen LogP contribution in [0, 0.1) is 0 Å². The van der Waals surface area contributed by atoms with Gasteiger partial charge in [-0.3, -0.25) is 4.79 Å². The molecular formula is C12H23F2N3O5. The lowest BCUT2D eigenvalue weighted by Crippen LogP contribution is -2.65. The molecule has 1 aliphatic carbocycles. The van der Waals surface area contributed by atoms with Crippen molar-refractivity contribution in [3.8, 4) is 0 Å². The molecule has 0 aromatic rings. The molecule has 0 spiro atoms. The average Bonchev–Trinajstić information content (AvgIpc) is 2.49. The van der Waals surface area contributed by atoms with Crippen LogP contribution in [0.2, 0.25) is 0 Å². The topological polar surface area (TPSA) is 140 Å². The van der Waals surface area contributed by atoms with Crippen molar-refractivity contribution in [2.45, 2.75) is 48.8 Å². The lowest BCUT2D eigenvalue weighted by molar-refractivity contribution is -0.160. The van der Waals surface area contributed by atoms with Crippen molar-refractivity contribution in [1.82, 2.24) is 5.32 Å². The quantitative estimate of drug-likeness (QED) is 0.365. The fourth-order valence-electron chi connectivity index (χ4n) is 2.53. The van der Waals surface area contributed by atoms with E-state index in [9.17, 15) is 23.8 Å². The number of halogens is 2. The second kappa shape index (κ2) is 7.57. The minimum atomic E-state index is -3.76. The standard InChI is InChI=1S/C12H23F2N3O5/c1-21-8-5(16)3-6(7(18)9(8)22-2)17-11(20)10(19)12(13,14)4-15/h5-10,18-19H,3-4,15-16H2,1-2H3,(H,17,20)/t5-,6+,7-,8+,9+,10?/m0/s1. The molecule has 8 nitrogen and oxygen atoms in total. The van der Waals surface area contributed by atoms with Gasteiger partial charge in [-0.1, -0.05) is 0 Å². The van der Waals surface area contributed by atoms with Gasteiger partial charge in [0.15, 0.2) is 6.10 Å². The van der Waals surface area contributed by atoms with E-state index in [2.05, 4.69) is 5.32 Å². The molecule has 0 radical (unpaired) electrons. The Morgan fingerprint density at radius 2 is 1.95 bits per heavy atom. The predicted molar refractivity (Wildman–Crippen MR) is 72.1 cm³/mol.